The standard InChI is InChI=1S/2C6H10O2.Pb/c2*7-6(8)5-3-1-2-4-5;/h2*5H,1-4H2,(H,7,8);/q;;+2/p-2. The summed E-state index contributed by atoms with van der Waals surface area (Å²) in [6.45, 7) is 0. The van der Waals surface area contributed by atoms with Gasteiger partial charge in [-0.2, -0.15) is 0 Å². The first-order chi connectivity index (χ1) is 7.61. The van der Waals surface area contributed by atoms with Crippen LogP contribution in [0.4, 0.5) is 0 Å². The molecule has 0 heterocycles. The van der Waals surface area contributed by atoms with E-state index in [1.165, 1.54) is 0 Å². The summed E-state index contributed by atoms with van der Waals surface area (Å²) in [5.74, 6) is -1.98. The van der Waals surface area contributed by atoms with E-state index in [1.807, 2.05) is 0 Å². The molecule has 4 nitrogen and oxygen atoms in total. The molecule has 94 valence electrons. The molecule has 0 atom stereocenters. The summed E-state index contributed by atoms with van der Waals surface area (Å²) in [5, 5.41) is 20.2. The molecular weight excluding hydrogens is 415 g/mol. The van der Waals surface area contributed by atoms with E-state index in [4.69, 9.17) is 0 Å². The first-order valence-corrected chi connectivity index (χ1v) is 6.03. The molecule has 2 fully saturated rings. The molecule has 0 N–H and O–H groups in total. The molecule has 0 aromatic rings. The number of carbonyl (C=O) groups is 2. The van der Waals surface area contributed by atoms with Gasteiger partial charge >= 0.3 is 27.3 Å². The molecule has 17 heavy (non-hydrogen) atoms. The zero-order valence-electron chi connectivity index (χ0n) is 9.94. The van der Waals surface area contributed by atoms with Crippen LogP contribution in [0.2, 0.25) is 0 Å². The van der Waals surface area contributed by atoms with Crippen molar-refractivity contribution >= 4 is 39.2 Å². The van der Waals surface area contributed by atoms with Crippen molar-refractivity contribution in [3.63, 3.8) is 0 Å². The molecule has 0 aromatic heterocycles. The SMILES string of the molecule is O=C([O-])C1CCCC1.O=C([O-])C1CCCC1.[Pb+2]. The number of hydrogen-bond donors (Lipinski definition) is 0. The molecule has 2 aliphatic carbocycles. The van der Waals surface area contributed by atoms with Crippen LogP contribution in [0.3, 0.4) is 0 Å². The van der Waals surface area contributed by atoms with Crippen molar-refractivity contribution in [3.05, 3.63) is 0 Å². The maximum absolute atomic E-state index is 10.1. The van der Waals surface area contributed by atoms with E-state index >= 15 is 0 Å². The Morgan fingerprint density at radius 2 is 0.941 bits per heavy atom. The number of hydrogen-bond acceptors (Lipinski definition) is 4. The molecule has 0 bridgehead atoms. The van der Waals surface area contributed by atoms with Crippen molar-refractivity contribution in [3.8, 4) is 0 Å². The molecule has 5 heteroatoms. The van der Waals surface area contributed by atoms with E-state index in [9.17, 15) is 19.8 Å². The predicted molar refractivity (Wildman–Crippen MR) is 59.7 cm³/mol. The van der Waals surface area contributed by atoms with Crippen molar-refractivity contribution in [1.29, 1.82) is 0 Å². The number of carbonyl (C=O) groups excluding carboxylic acids is 2. The summed E-state index contributed by atoms with van der Waals surface area (Å²) < 4.78 is 0. The summed E-state index contributed by atoms with van der Waals surface area (Å²) in [6.07, 6.45) is 7.61. The van der Waals surface area contributed by atoms with Gasteiger partial charge in [0.15, 0.2) is 0 Å². The second kappa shape index (κ2) is 8.88. The molecule has 2 rings (SSSR count). The third-order valence-electron chi connectivity index (χ3n) is 3.38. The molecule has 0 unspecified atom stereocenters. The third kappa shape index (κ3) is 6.38. The van der Waals surface area contributed by atoms with Crippen LogP contribution in [0.15, 0.2) is 0 Å². The van der Waals surface area contributed by atoms with Crippen LogP contribution in [-0.4, -0.2) is 39.2 Å². The van der Waals surface area contributed by atoms with Gasteiger partial charge in [-0.15, -0.1) is 0 Å². The van der Waals surface area contributed by atoms with E-state index in [-0.39, 0.29) is 39.1 Å². The summed E-state index contributed by atoms with van der Waals surface area (Å²) >= 11 is 0. The normalized spacial score (nSPS) is 20.2. The van der Waals surface area contributed by atoms with Crippen LogP contribution in [0.25, 0.3) is 0 Å². The topological polar surface area (TPSA) is 80.3 Å². The van der Waals surface area contributed by atoms with Crippen LogP contribution < -0.4 is 10.2 Å². The molecule has 2 aliphatic rings. The van der Waals surface area contributed by atoms with Crippen LogP contribution in [0.5, 0.6) is 0 Å². The van der Waals surface area contributed by atoms with Crippen LogP contribution in [0, 0.1) is 11.8 Å². The first-order valence-electron chi connectivity index (χ1n) is 6.03. The van der Waals surface area contributed by atoms with Gasteiger partial charge in [-0.3, -0.25) is 0 Å². The van der Waals surface area contributed by atoms with Crippen LogP contribution in [-0.2, 0) is 9.59 Å². The van der Waals surface area contributed by atoms with Gasteiger partial charge in [-0.25, -0.2) is 0 Å². The molecular formula is C12H18O4Pb. The Bertz CT molecular complexity index is 217. The molecule has 0 aromatic carbocycles. The minimum atomic E-state index is -0.859. The largest absolute Gasteiger partial charge is 2.00 e. The van der Waals surface area contributed by atoms with E-state index in [0.717, 1.165) is 51.4 Å². The van der Waals surface area contributed by atoms with E-state index in [0.29, 0.717) is 0 Å². The quantitative estimate of drug-likeness (QED) is 0.549. The average Bonchev–Trinajstić information content (AvgIpc) is 2.93. The number of aliphatic carboxylic acids is 2. The van der Waals surface area contributed by atoms with Crippen LogP contribution >= 0.6 is 0 Å². The first kappa shape index (κ1) is 16.9. The number of carboxylic acid groups (broad SMARTS) is 2. The minimum Gasteiger partial charge on any atom is -0.550 e. The van der Waals surface area contributed by atoms with Gasteiger partial charge in [-0.05, 0) is 37.5 Å². The second-order valence-corrected chi connectivity index (χ2v) is 4.60. The average molecular weight is 433 g/mol. The van der Waals surface area contributed by atoms with Crippen molar-refractivity contribution in [1.82, 2.24) is 0 Å². The summed E-state index contributed by atoms with van der Waals surface area (Å²) in [5.41, 5.74) is 0. The Hall–Kier alpha value is -0.138. The molecule has 2 radical (unpaired) electrons. The Labute approximate surface area is 122 Å². The molecule has 0 spiro atoms. The molecule has 0 saturated heterocycles. The van der Waals surface area contributed by atoms with Crippen molar-refractivity contribution in [2.45, 2.75) is 51.4 Å². The fraction of sp³-hybridized carbons (Fsp3) is 0.833. The fourth-order valence-electron chi connectivity index (χ4n) is 2.32. The maximum Gasteiger partial charge on any atom is 2.00 e. The number of carboxylic acids is 2. The maximum atomic E-state index is 10.1. The Kier molecular flexibility index (Phi) is 8.81. The monoisotopic (exact) mass is 434 g/mol. The molecule has 0 aliphatic heterocycles. The van der Waals surface area contributed by atoms with Gasteiger partial charge < -0.3 is 19.8 Å². The van der Waals surface area contributed by atoms with Gasteiger partial charge in [0, 0.05) is 11.9 Å². The zero-order chi connectivity index (χ0) is 12.0. The van der Waals surface area contributed by atoms with Gasteiger partial charge in [0.05, 0.1) is 0 Å². The van der Waals surface area contributed by atoms with Gasteiger partial charge in [0.2, 0.25) is 0 Å². The third-order valence-corrected chi connectivity index (χ3v) is 3.38. The summed E-state index contributed by atoms with van der Waals surface area (Å²) in [7, 11) is 0. The van der Waals surface area contributed by atoms with Crippen LogP contribution in [0.1, 0.15) is 51.4 Å². The van der Waals surface area contributed by atoms with Crippen molar-refractivity contribution in [2.75, 3.05) is 0 Å². The van der Waals surface area contributed by atoms with E-state index in [1.54, 1.807) is 0 Å². The van der Waals surface area contributed by atoms with E-state index < -0.39 is 11.9 Å². The summed E-state index contributed by atoms with van der Waals surface area (Å²) in [6, 6.07) is 0. The fourth-order valence-corrected chi connectivity index (χ4v) is 2.32. The predicted octanol–water partition coefficient (Wildman–Crippen LogP) is -0.528. The Morgan fingerprint density at radius 1 is 0.706 bits per heavy atom. The van der Waals surface area contributed by atoms with Gasteiger partial charge in [0.1, 0.15) is 0 Å². The smallest absolute Gasteiger partial charge is 0.550 e. The zero-order valence-corrected chi connectivity index (χ0v) is 13.8. The van der Waals surface area contributed by atoms with Crippen molar-refractivity contribution < 1.29 is 19.8 Å². The van der Waals surface area contributed by atoms with E-state index in [2.05, 4.69) is 0 Å². The second-order valence-electron chi connectivity index (χ2n) is 4.60. The Balaban J connectivity index is 0.000000284. The summed E-state index contributed by atoms with van der Waals surface area (Å²) in [4.78, 5) is 20.2. The number of rotatable bonds is 2. The minimum absolute atomic E-state index is 0. The van der Waals surface area contributed by atoms with Gasteiger partial charge in [0.25, 0.3) is 0 Å². The molecule has 0 amide bonds. The van der Waals surface area contributed by atoms with Gasteiger partial charge in [-0.1, -0.05) is 25.7 Å². The Morgan fingerprint density at radius 3 is 1.06 bits per heavy atom. The van der Waals surface area contributed by atoms with Crippen molar-refractivity contribution in [2.24, 2.45) is 11.8 Å². The molecule has 2 saturated carbocycles.